The number of hydrogen-bond acceptors (Lipinski definition) is 3. The van der Waals surface area contributed by atoms with Crippen LogP contribution in [-0.4, -0.2) is 23.7 Å². The van der Waals surface area contributed by atoms with E-state index < -0.39 is 0 Å². The molecular weight excluding hydrogens is 244 g/mol. The summed E-state index contributed by atoms with van der Waals surface area (Å²) in [5, 5.41) is 0. The van der Waals surface area contributed by atoms with Gasteiger partial charge in [0, 0.05) is 13.0 Å². The first-order chi connectivity index (χ1) is 8.37. The Labute approximate surface area is 114 Å². The third-order valence-corrected chi connectivity index (χ3v) is 3.25. The Morgan fingerprint density at radius 3 is 2.89 bits per heavy atom. The van der Waals surface area contributed by atoms with Crippen molar-refractivity contribution in [2.75, 3.05) is 18.0 Å². The molecule has 98 valence electrons. The van der Waals surface area contributed by atoms with Gasteiger partial charge in [0.05, 0.1) is 17.2 Å². The van der Waals surface area contributed by atoms with E-state index in [-0.39, 0.29) is 5.60 Å². The Kier molecular flexibility index (Phi) is 3.48. The van der Waals surface area contributed by atoms with Gasteiger partial charge in [-0.3, -0.25) is 0 Å². The average Bonchev–Trinajstić information content (AvgIpc) is 2.23. The molecule has 18 heavy (non-hydrogen) atoms. The zero-order valence-electron chi connectivity index (χ0n) is 11.2. The molecule has 3 nitrogen and oxygen atoms in total. The van der Waals surface area contributed by atoms with Crippen LogP contribution in [0.3, 0.4) is 0 Å². The van der Waals surface area contributed by atoms with Gasteiger partial charge in [-0.05, 0) is 38.5 Å². The van der Waals surface area contributed by atoms with Gasteiger partial charge in [-0.25, -0.2) is 0 Å². The molecule has 0 amide bonds. The van der Waals surface area contributed by atoms with Crippen LogP contribution in [-0.2, 0) is 0 Å². The van der Waals surface area contributed by atoms with Crippen molar-refractivity contribution >= 4 is 22.9 Å². The number of anilines is 1. The van der Waals surface area contributed by atoms with Gasteiger partial charge >= 0.3 is 0 Å². The molecule has 1 aromatic rings. The van der Waals surface area contributed by atoms with E-state index in [1.54, 1.807) is 0 Å². The molecule has 1 aromatic carbocycles. The summed E-state index contributed by atoms with van der Waals surface area (Å²) in [6.07, 6.45) is 0.735. The van der Waals surface area contributed by atoms with E-state index in [1.165, 1.54) is 5.56 Å². The fraction of sp³-hybridized carbons (Fsp3) is 0.500. The van der Waals surface area contributed by atoms with Gasteiger partial charge in [-0.15, -0.1) is 0 Å². The third kappa shape index (κ3) is 2.93. The number of rotatable bonds is 3. The summed E-state index contributed by atoms with van der Waals surface area (Å²) < 4.78 is 6.03. The Morgan fingerprint density at radius 1 is 1.50 bits per heavy atom. The van der Waals surface area contributed by atoms with Crippen molar-refractivity contribution in [3.63, 3.8) is 0 Å². The smallest absolute Gasteiger partial charge is 0.143 e. The highest BCUT2D eigenvalue weighted by Gasteiger charge is 2.31. The van der Waals surface area contributed by atoms with Crippen LogP contribution in [0.1, 0.15) is 25.8 Å². The molecule has 0 atom stereocenters. The highest BCUT2D eigenvalue weighted by Crippen LogP contribution is 2.37. The highest BCUT2D eigenvalue weighted by atomic mass is 32.1. The maximum absolute atomic E-state index is 6.03. The van der Waals surface area contributed by atoms with Crippen LogP contribution in [0.15, 0.2) is 18.2 Å². The molecule has 0 radical (unpaired) electrons. The summed E-state index contributed by atoms with van der Waals surface area (Å²) in [6, 6.07) is 6.30. The number of nitrogens with two attached hydrogens (primary N) is 1. The van der Waals surface area contributed by atoms with Gasteiger partial charge in [0.25, 0.3) is 0 Å². The van der Waals surface area contributed by atoms with Gasteiger partial charge < -0.3 is 15.4 Å². The van der Waals surface area contributed by atoms with Crippen LogP contribution >= 0.6 is 12.2 Å². The minimum Gasteiger partial charge on any atom is -0.484 e. The molecule has 0 saturated heterocycles. The normalized spacial score (nSPS) is 16.9. The maximum Gasteiger partial charge on any atom is 0.143 e. The van der Waals surface area contributed by atoms with Gasteiger partial charge in [0.15, 0.2) is 0 Å². The van der Waals surface area contributed by atoms with E-state index in [0.717, 1.165) is 30.9 Å². The van der Waals surface area contributed by atoms with Crippen LogP contribution in [0, 0.1) is 6.92 Å². The number of fused-ring (bicyclic) bond motifs is 1. The van der Waals surface area contributed by atoms with Crippen molar-refractivity contribution < 1.29 is 4.74 Å². The molecule has 0 unspecified atom stereocenters. The van der Waals surface area contributed by atoms with Crippen LogP contribution in [0.2, 0.25) is 0 Å². The quantitative estimate of drug-likeness (QED) is 0.852. The average molecular weight is 264 g/mol. The SMILES string of the molecule is Cc1ccc2c(c1)OC(C)(C)CN2CCC(N)=S. The summed E-state index contributed by atoms with van der Waals surface area (Å²) in [5.74, 6) is 0.953. The molecular formula is C14H20N2OS. The van der Waals surface area contributed by atoms with Crippen molar-refractivity contribution in [3.05, 3.63) is 23.8 Å². The lowest BCUT2D eigenvalue weighted by Crippen LogP contribution is -2.47. The van der Waals surface area contributed by atoms with Gasteiger partial charge in [0.2, 0.25) is 0 Å². The number of benzene rings is 1. The zero-order chi connectivity index (χ0) is 13.3. The number of hydrogen-bond donors (Lipinski definition) is 1. The minimum atomic E-state index is -0.184. The molecule has 0 aromatic heterocycles. The van der Waals surface area contributed by atoms with Crippen LogP contribution in [0.4, 0.5) is 5.69 Å². The molecule has 0 fully saturated rings. The largest absolute Gasteiger partial charge is 0.484 e. The van der Waals surface area contributed by atoms with Crippen molar-refractivity contribution in [1.82, 2.24) is 0 Å². The summed E-state index contributed by atoms with van der Waals surface area (Å²) in [4.78, 5) is 2.87. The monoisotopic (exact) mass is 264 g/mol. The molecule has 2 N–H and O–H groups in total. The molecule has 0 saturated carbocycles. The lowest BCUT2D eigenvalue weighted by molar-refractivity contribution is 0.105. The van der Waals surface area contributed by atoms with E-state index >= 15 is 0 Å². The zero-order valence-corrected chi connectivity index (χ0v) is 12.0. The standard InChI is InChI=1S/C14H20N2OS/c1-10-4-5-11-12(8-10)17-14(2,3)9-16(11)7-6-13(15)18/h4-5,8H,6-7,9H2,1-3H3,(H2,15,18). The van der Waals surface area contributed by atoms with Gasteiger partial charge in [0.1, 0.15) is 11.4 Å². The predicted octanol–water partition coefficient (Wildman–Crippen LogP) is 2.65. The molecule has 4 heteroatoms. The number of nitrogens with zero attached hydrogens (tertiary/aromatic N) is 1. The maximum atomic E-state index is 6.03. The van der Waals surface area contributed by atoms with Crippen molar-refractivity contribution in [1.29, 1.82) is 0 Å². The molecule has 1 aliphatic heterocycles. The Balaban J connectivity index is 2.28. The molecule has 0 aliphatic carbocycles. The summed E-state index contributed by atoms with van der Waals surface area (Å²) in [5.41, 5.74) is 7.76. The van der Waals surface area contributed by atoms with E-state index in [9.17, 15) is 0 Å². The molecule has 1 heterocycles. The minimum absolute atomic E-state index is 0.184. The second kappa shape index (κ2) is 4.76. The lowest BCUT2D eigenvalue weighted by Gasteiger charge is -2.41. The van der Waals surface area contributed by atoms with Crippen molar-refractivity contribution in [2.45, 2.75) is 32.8 Å². The Hall–Kier alpha value is -1.29. The highest BCUT2D eigenvalue weighted by molar-refractivity contribution is 7.80. The van der Waals surface area contributed by atoms with E-state index in [0.29, 0.717) is 4.99 Å². The Morgan fingerprint density at radius 2 is 2.22 bits per heavy atom. The predicted molar refractivity (Wildman–Crippen MR) is 79.5 cm³/mol. The van der Waals surface area contributed by atoms with Crippen LogP contribution in [0.25, 0.3) is 0 Å². The van der Waals surface area contributed by atoms with Crippen LogP contribution in [0.5, 0.6) is 5.75 Å². The number of thiocarbonyl (C=S) groups is 1. The molecule has 0 spiro atoms. The lowest BCUT2D eigenvalue weighted by atomic mass is 10.0. The first kappa shape index (κ1) is 13.1. The topological polar surface area (TPSA) is 38.5 Å². The van der Waals surface area contributed by atoms with Gasteiger partial charge in [-0.1, -0.05) is 18.3 Å². The molecule has 1 aliphatic rings. The van der Waals surface area contributed by atoms with E-state index in [4.69, 9.17) is 22.7 Å². The third-order valence-electron chi connectivity index (χ3n) is 3.04. The second-order valence-corrected chi connectivity index (χ2v) is 6.00. The second-order valence-electron chi connectivity index (χ2n) is 5.47. The van der Waals surface area contributed by atoms with Crippen LogP contribution < -0.4 is 15.4 Å². The molecule has 2 rings (SSSR count). The first-order valence-corrected chi connectivity index (χ1v) is 6.61. The number of ether oxygens (including phenoxy) is 1. The van der Waals surface area contributed by atoms with Crippen molar-refractivity contribution in [3.8, 4) is 5.75 Å². The Bertz CT molecular complexity index is 471. The fourth-order valence-corrected chi connectivity index (χ4v) is 2.38. The van der Waals surface area contributed by atoms with E-state index in [2.05, 4.69) is 43.9 Å². The summed E-state index contributed by atoms with van der Waals surface area (Å²) in [6.45, 7) is 7.98. The fourth-order valence-electron chi connectivity index (χ4n) is 2.28. The number of aryl methyl sites for hydroxylation is 1. The molecule has 0 bridgehead atoms. The first-order valence-electron chi connectivity index (χ1n) is 6.20. The van der Waals surface area contributed by atoms with E-state index in [1.807, 2.05) is 0 Å². The van der Waals surface area contributed by atoms with Crippen molar-refractivity contribution in [2.24, 2.45) is 5.73 Å². The summed E-state index contributed by atoms with van der Waals surface area (Å²) >= 11 is 4.96. The van der Waals surface area contributed by atoms with Gasteiger partial charge in [-0.2, -0.15) is 0 Å². The summed E-state index contributed by atoms with van der Waals surface area (Å²) in [7, 11) is 0.